The third kappa shape index (κ3) is 3.40. The Labute approximate surface area is 139 Å². The molecule has 23 heavy (non-hydrogen) atoms. The van der Waals surface area contributed by atoms with Gasteiger partial charge in [-0.25, -0.2) is 9.31 Å². The number of aryl methyl sites for hydroxylation is 1. The number of thioether (sulfide) groups is 1. The first-order chi connectivity index (χ1) is 11.2. The highest BCUT2D eigenvalue weighted by Crippen LogP contribution is 2.29. The van der Waals surface area contributed by atoms with Gasteiger partial charge in [-0.15, -0.1) is 0 Å². The maximum atomic E-state index is 12.3. The summed E-state index contributed by atoms with van der Waals surface area (Å²) in [6.07, 6.45) is 1.84. The number of pyridine rings is 1. The molecule has 0 fully saturated rings. The molecule has 0 aliphatic heterocycles. The first kappa shape index (κ1) is 15.6. The van der Waals surface area contributed by atoms with E-state index in [2.05, 4.69) is 36.3 Å². The summed E-state index contributed by atoms with van der Waals surface area (Å²) in [7, 11) is 0. The molecule has 4 nitrogen and oxygen atoms in total. The van der Waals surface area contributed by atoms with Gasteiger partial charge in [0.2, 0.25) is 0 Å². The molecule has 2 heterocycles. The molecule has 5 heteroatoms. The second kappa shape index (κ2) is 6.87. The molecule has 0 bridgehead atoms. The van der Waals surface area contributed by atoms with E-state index < -0.39 is 0 Å². The highest BCUT2D eigenvalue weighted by Gasteiger charge is 2.21. The smallest absolute Gasteiger partial charge is 0.343 e. The largest absolute Gasteiger partial charge is 0.462 e. The van der Waals surface area contributed by atoms with Gasteiger partial charge in [0.05, 0.1) is 12.1 Å². The number of nitrogens with zero attached hydrogens (tertiary/aromatic N) is 2. The Kier molecular flexibility index (Phi) is 4.67. The van der Waals surface area contributed by atoms with Crippen molar-refractivity contribution >= 4 is 23.2 Å². The first-order valence-electron chi connectivity index (χ1n) is 7.52. The van der Waals surface area contributed by atoms with Gasteiger partial charge < -0.3 is 4.74 Å². The van der Waals surface area contributed by atoms with Crippen molar-refractivity contribution in [1.82, 2.24) is 9.61 Å². The van der Waals surface area contributed by atoms with Crippen LogP contribution >= 0.6 is 11.8 Å². The molecule has 0 saturated heterocycles. The van der Waals surface area contributed by atoms with E-state index in [1.807, 2.05) is 31.3 Å². The Bertz CT molecular complexity index is 825. The molecule has 0 radical (unpaired) electrons. The normalized spacial score (nSPS) is 10.9. The molecule has 118 valence electrons. The lowest BCUT2D eigenvalue weighted by Crippen LogP contribution is -2.05. The summed E-state index contributed by atoms with van der Waals surface area (Å²) in [5, 5.41) is 5.23. The van der Waals surface area contributed by atoms with Gasteiger partial charge in [0.15, 0.2) is 0 Å². The van der Waals surface area contributed by atoms with E-state index in [1.54, 1.807) is 16.3 Å². The molecule has 0 spiro atoms. The zero-order chi connectivity index (χ0) is 16.2. The topological polar surface area (TPSA) is 43.6 Å². The van der Waals surface area contributed by atoms with Gasteiger partial charge in [-0.2, -0.15) is 5.10 Å². The van der Waals surface area contributed by atoms with Gasteiger partial charge >= 0.3 is 5.97 Å². The molecule has 0 aliphatic carbocycles. The van der Waals surface area contributed by atoms with Crippen molar-refractivity contribution in [3.63, 3.8) is 0 Å². The van der Waals surface area contributed by atoms with Crippen LogP contribution in [0.25, 0.3) is 5.52 Å². The minimum absolute atomic E-state index is 0.319. The average molecular weight is 326 g/mol. The van der Waals surface area contributed by atoms with Gasteiger partial charge in [-0.3, -0.25) is 0 Å². The molecule has 3 aromatic rings. The number of hydrogen-bond donors (Lipinski definition) is 0. The lowest BCUT2D eigenvalue weighted by molar-refractivity contribution is 0.0524. The van der Waals surface area contributed by atoms with E-state index in [0.717, 1.165) is 11.3 Å². The number of ether oxygens (including phenoxy) is 1. The zero-order valence-electron chi connectivity index (χ0n) is 13.2. The summed E-state index contributed by atoms with van der Waals surface area (Å²) in [5.74, 6) is 0.441. The number of hydrogen-bond acceptors (Lipinski definition) is 4. The Morgan fingerprint density at radius 3 is 2.74 bits per heavy atom. The van der Waals surface area contributed by atoms with Crippen LogP contribution in [0.2, 0.25) is 0 Å². The standard InChI is InChI=1S/C18H18N2O2S/c1-3-22-18(21)16-15-6-4-5-11-20(15)19-17(16)23-12-14-9-7-13(2)8-10-14/h4-11H,3,12H2,1-2H3. The average Bonchev–Trinajstić information content (AvgIpc) is 2.93. The van der Waals surface area contributed by atoms with Crippen LogP contribution in [0.3, 0.4) is 0 Å². The molecule has 1 aromatic carbocycles. The molecular formula is C18H18N2O2S. The monoisotopic (exact) mass is 326 g/mol. The number of rotatable bonds is 5. The third-order valence-electron chi connectivity index (χ3n) is 3.48. The molecule has 0 atom stereocenters. The van der Waals surface area contributed by atoms with Crippen LogP contribution in [0.15, 0.2) is 53.7 Å². The molecule has 0 aliphatic rings. The highest BCUT2D eigenvalue weighted by molar-refractivity contribution is 7.98. The number of benzene rings is 1. The lowest BCUT2D eigenvalue weighted by Gasteiger charge is -2.03. The predicted octanol–water partition coefficient (Wildman–Crippen LogP) is 4.11. The number of esters is 1. The van der Waals surface area contributed by atoms with Crippen LogP contribution in [-0.2, 0) is 10.5 Å². The molecule has 0 amide bonds. The molecule has 3 rings (SSSR count). The SMILES string of the molecule is CCOC(=O)c1c(SCc2ccc(C)cc2)nn2ccccc12. The fraction of sp³-hybridized carbons (Fsp3) is 0.222. The molecule has 0 unspecified atom stereocenters. The summed E-state index contributed by atoms with van der Waals surface area (Å²) in [6.45, 7) is 4.23. The van der Waals surface area contributed by atoms with Gasteiger partial charge in [0, 0.05) is 11.9 Å². The molecule has 0 N–H and O–H groups in total. The van der Waals surface area contributed by atoms with E-state index in [-0.39, 0.29) is 5.97 Å². The van der Waals surface area contributed by atoms with Gasteiger partial charge in [-0.1, -0.05) is 47.7 Å². The van der Waals surface area contributed by atoms with Crippen molar-refractivity contribution in [2.24, 2.45) is 0 Å². The minimum Gasteiger partial charge on any atom is -0.462 e. The number of aromatic nitrogens is 2. The van der Waals surface area contributed by atoms with E-state index in [9.17, 15) is 4.79 Å². The van der Waals surface area contributed by atoms with E-state index in [4.69, 9.17) is 4.74 Å². The Balaban J connectivity index is 1.91. The van der Waals surface area contributed by atoms with Gasteiger partial charge in [0.1, 0.15) is 10.6 Å². The zero-order valence-corrected chi connectivity index (χ0v) is 14.0. The summed E-state index contributed by atoms with van der Waals surface area (Å²) >= 11 is 1.55. The van der Waals surface area contributed by atoms with Gasteiger partial charge in [0.25, 0.3) is 0 Å². The van der Waals surface area contributed by atoms with Gasteiger partial charge in [-0.05, 0) is 31.5 Å². The van der Waals surface area contributed by atoms with Crippen molar-refractivity contribution in [3.05, 3.63) is 65.4 Å². The lowest BCUT2D eigenvalue weighted by atomic mass is 10.2. The second-order valence-electron chi connectivity index (χ2n) is 5.21. The van der Waals surface area contributed by atoms with Crippen LogP contribution in [0.1, 0.15) is 28.4 Å². The fourth-order valence-electron chi connectivity index (χ4n) is 2.31. The van der Waals surface area contributed by atoms with Crippen molar-refractivity contribution in [2.45, 2.75) is 24.6 Å². The van der Waals surface area contributed by atoms with Crippen molar-refractivity contribution < 1.29 is 9.53 Å². The molecular weight excluding hydrogens is 308 g/mol. The van der Waals surface area contributed by atoms with Crippen LogP contribution in [0.4, 0.5) is 0 Å². The van der Waals surface area contributed by atoms with Crippen LogP contribution in [0, 0.1) is 6.92 Å². The van der Waals surface area contributed by atoms with E-state index in [0.29, 0.717) is 17.2 Å². The summed E-state index contributed by atoms with van der Waals surface area (Å²) in [5.41, 5.74) is 3.76. The maximum Gasteiger partial charge on any atom is 0.343 e. The third-order valence-corrected chi connectivity index (χ3v) is 4.52. The van der Waals surface area contributed by atoms with E-state index in [1.165, 1.54) is 11.1 Å². The Morgan fingerprint density at radius 2 is 2.00 bits per heavy atom. The van der Waals surface area contributed by atoms with Crippen LogP contribution < -0.4 is 0 Å². The van der Waals surface area contributed by atoms with Crippen molar-refractivity contribution in [2.75, 3.05) is 6.61 Å². The Morgan fingerprint density at radius 1 is 1.22 bits per heavy atom. The highest BCUT2D eigenvalue weighted by atomic mass is 32.2. The molecule has 2 aromatic heterocycles. The minimum atomic E-state index is -0.319. The van der Waals surface area contributed by atoms with Crippen LogP contribution in [-0.4, -0.2) is 22.2 Å². The summed E-state index contributed by atoms with van der Waals surface area (Å²) < 4.78 is 6.92. The fourth-order valence-corrected chi connectivity index (χ4v) is 3.28. The summed E-state index contributed by atoms with van der Waals surface area (Å²) in [6, 6.07) is 14.1. The van der Waals surface area contributed by atoms with Crippen molar-refractivity contribution in [3.8, 4) is 0 Å². The predicted molar refractivity (Wildman–Crippen MR) is 91.9 cm³/mol. The maximum absolute atomic E-state index is 12.3. The summed E-state index contributed by atoms with van der Waals surface area (Å²) in [4.78, 5) is 12.3. The number of carbonyl (C=O) groups is 1. The van der Waals surface area contributed by atoms with E-state index >= 15 is 0 Å². The number of carbonyl (C=O) groups excluding carboxylic acids is 1. The first-order valence-corrected chi connectivity index (χ1v) is 8.50. The second-order valence-corrected chi connectivity index (χ2v) is 6.17. The Hall–Kier alpha value is -2.27. The number of fused-ring (bicyclic) bond motifs is 1. The molecule has 0 saturated carbocycles. The van der Waals surface area contributed by atoms with Crippen molar-refractivity contribution in [1.29, 1.82) is 0 Å². The van der Waals surface area contributed by atoms with Crippen LogP contribution in [0.5, 0.6) is 0 Å². The quantitative estimate of drug-likeness (QED) is 0.523.